The summed E-state index contributed by atoms with van der Waals surface area (Å²) in [7, 11) is 1.95. The van der Waals surface area contributed by atoms with Gasteiger partial charge in [0.05, 0.1) is 0 Å². The molecule has 0 fully saturated rings. The third kappa shape index (κ3) is 9.08. The summed E-state index contributed by atoms with van der Waals surface area (Å²) < 4.78 is 0. The van der Waals surface area contributed by atoms with Crippen LogP contribution in [0.1, 0.15) is 6.92 Å². The van der Waals surface area contributed by atoms with Gasteiger partial charge in [0.2, 0.25) is 0 Å². The van der Waals surface area contributed by atoms with Gasteiger partial charge in [-0.25, -0.2) is 12.1 Å². The summed E-state index contributed by atoms with van der Waals surface area (Å²) in [5.41, 5.74) is 1.01. The summed E-state index contributed by atoms with van der Waals surface area (Å²) >= 11 is 0. The summed E-state index contributed by atoms with van der Waals surface area (Å²) in [5.74, 6) is 0. The van der Waals surface area contributed by atoms with Crippen molar-refractivity contribution in [3.63, 3.8) is 0 Å². The Morgan fingerprint density at radius 2 is 1.94 bits per heavy atom. The summed E-state index contributed by atoms with van der Waals surface area (Å²) in [5, 5.41) is 0. The first-order valence-electron chi connectivity index (χ1n) is 4.92. The molecule has 84 valence electrons. The van der Waals surface area contributed by atoms with Crippen molar-refractivity contribution in [1.82, 2.24) is 0 Å². The Hall–Kier alpha value is 0.448. The van der Waals surface area contributed by atoms with E-state index in [4.69, 9.17) is 0 Å². The summed E-state index contributed by atoms with van der Waals surface area (Å²) in [6.07, 6.45) is 12.9. The average molecular weight is 375 g/mol. The molecule has 0 aliphatic carbocycles. The zero-order valence-corrected chi connectivity index (χ0v) is 16.0. The molecule has 1 nitrogen and oxygen atoms in total. The number of para-hydroxylation sites is 1. The van der Waals surface area contributed by atoms with Gasteiger partial charge in [-0.05, 0) is 14.0 Å². The van der Waals surface area contributed by atoms with Crippen LogP contribution in [-0.4, -0.2) is 7.05 Å². The largest absolute Gasteiger partial charge is 0.479 e. The molecule has 2 radical (unpaired) electrons. The van der Waals surface area contributed by atoms with E-state index in [2.05, 4.69) is 12.3 Å². The fraction of sp³-hybridized carbons (Fsp3) is 0.143. The second-order valence-corrected chi connectivity index (χ2v) is 3.01. The molecule has 1 aromatic carbocycles. The van der Waals surface area contributed by atoms with Crippen LogP contribution in [-0.2, 0) is 65.4 Å². The number of rotatable bonds is 4. The molecular weight excluding hydrogens is 360 g/mol. The first-order chi connectivity index (χ1) is 7.34. The van der Waals surface area contributed by atoms with Gasteiger partial charge in [0.1, 0.15) is 0 Å². The van der Waals surface area contributed by atoms with Gasteiger partial charge in [-0.1, -0.05) is 12.2 Å². The molecule has 0 aromatic heterocycles. The van der Waals surface area contributed by atoms with Gasteiger partial charge in [0.25, 0.3) is 0 Å². The zero-order chi connectivity index (χ0) is 10.9. The van der Waals surface area contributed by atoms with E-state index in [-0.39, 0.29) is 65.4 Å². The minimum atomic E-state index is 0. The maximum absolute atomic E-state index is 3.13. The van der Waals surface area contributed by atoms with Crippen molar-refractivity contribution in [1.29, 1.82) is 0 Å². The van der Waals surface area contributed by atoms with E-state index in [1.165, 1.54) is 0 Å². The van der Waals surface area contributed by atoms with Gasteiger partial charge in [-0.2, -0.15) is 36.0 Å². The van der Waals surface area contributed by atoms with Crippen molar-refractivity contribution >= 4 is 5.69 Å². The summed E-state index contributed by atoms with van der Waals surface area (Å²) in [6, 6.07) is 11.0. The molecular formula is C14H15NY2-2. The molecule has 0 spiro atoms. The summed E-state index contributed by atoms with van der Waals surface area (Å²) in [4.78, 5) is 1.90. The van der Waals surface area contributed by atoms with Gasteiger partial charge in [-0.3, -0.25) is 0 Å². The first kappa shape index (κ1) is 19.8. The van der Waals surface area contributed by atoms with E-state index in [0.29, 0.717) is 0 Å². The van der Waals surface area contributed by atoms with Crippen LogP contribution < -0.4 is 4.90 Å². The minimum Gasteiger partial charge on any atom is -0.479 e. The molecule has 3 heteroatoms. The quantitative estimate of drug-likeness (QED) is 0.443. The average Bonchev–Trinajstić information content (AvgIpc) is 2.30. The molecule has 1 rings (SSSR count). The van der Waals surface area contributed by atoms with E-state index in [0.717, 1.165) is 5.69 Å². The third-order valence-corrected chi connectivity index (χ3v) is 1.83. The predicted molar refractivity (Wildman–Crippen MR) is 65.4 cm³/mol. The van der Waals surface area contributed by atoms with E-state index in [1.807, 2.05) is 73.5 Å². The Bertz CT molecular complexity index is 356. The van der Waals surface area contributed by atoms with Gasteiger partial charge < -0.3 is 4.90 Å². The van der Waals surface area contributed by atoms with Crippen molar-refractivity contribution in [2.24, 2.45) is 0 Å². The fourth-order valence-electron chi connectivity index (χ4n) is 1.05. The normalized spacial score (nSPS) is 10.5. The number of anilines is 1. The van der Waals surface area contributed by atoms with Crippen LogP contribution >= 0.6 is 0 Å². The van der Waals surface area contributed by atoms with Crippen LogP contribution in [0.3, 0.4) is 0 Å². The topological polar surface area (TPSA) is 3.24 Å². The Kier molecular flexibility index (Phi) is 15.0. The number of nitrogens with zero attached hydrogens (tertiary/aromatic N) is 1. The molecule has 17 heavy (non-hydrogen) atoms. The Labute approximate surface area is 155 Å². The SMILES string of the molecule is CC=CC=CC=[C-]N(C)c1[c-]cccc1.[Y].[Y]. The maximum Gasteiger partial charge on any atom is 0 e. The van der Waals surface area contributed by atoms with Crippen LogP contribution in [0.25, 0.3) is 0 Å². The molecule has 0 saturated carbocycles. The number of hydrogen-bond acceptors (Lipinski definition) is 1. The molecule has 0 atom stereocenters. The standard InChI is InChI=1S/C14H15N.2Y/c1-3-4-5-6-10-13-15(2)14-11-8-7-9-12-14;;/h3-11H,1-2H3;;/q-2;;. The van der Waals surface area contributed by atoms with Gasteiger partial charge in [0.15, 0.2) is 0 Å². The van der Waals surface area contributed by atoms with E-state index in [9.17, 15) is 0 Å². The molecule has 0 unspecified atom stereocenters. The maximum atomic E-state index is 3.13. The Balaban J connectivity index is 0. The monoisotopic (exact) mass is 375 g/mol. The van der Waals surface area contributed by atoms with Crippen LogP contribution in [0.4, 0.5) is 5.69 Å². The second kappa shape index (κ2) is 12.9. The number of allylic oxidation sites excluding steroid dienone is 5. The van der Waals surface area contributed by atoms with Crippen molar-refractivity contribution in [3.05, 3.63) is 66.9 Å². The van der Waals surface area contributed by atoms with Gasteiger partial charge in [0, 0.05) is 65.4 Å². The fourth-order valence-corrected chi connectivity index (χ4v) is 1.05. The van der Waals surface area contributed by atoms with Crippen LogP contribution in [0, 0.1) is 12.3 Å². The Morgan fingerprint density at radius 1 is 1.18 bits per heavy atom. The van der Waals surface area contributed by atoms with E-state index >= 15 is 0 Å². The van der Waals surface area contributed by atoms with Crippen LogP contribution in [0.15, 0.2) is 54.6 Å². The summed E-state index contributed by atoms with van der Waals surface area (Å²) in [6.45, 7) is 1.99. The van der Waals surface area contributed by atoms with Crippen LogP contribution in [0.5, 0.6) is 0 Å². The molecule has 0 amide bonds. The van der Waals surface area contributed by atoms with Crippen molar-refractivity contribution in [3.8, 4) is 0 Å². The number of benzene rings is 1. The molecule has 0 aliphatic rings. The van der Waals surface area contributed by atoms with Gasteiger partial charge >= 0.3 is 0 Å². The van der Waals surface area contributed by atoms with E-state index in [1.54, 1.807) is 0 Å². The van der Waals surface area contributed by atoms with E-state index < -0.39 is 0 Å². The van der Waals surface area contributed by atoms with Gasteiger partial charge in [-0.15, -0.1) is 12.3 Å². The van der Waals surface area contributed by atoms with Crippen molar-refractivity contribution in [2.45, 2.75) is 6.92 Å². The predicted octanol–water partition coefficient (Wildman–Crippen LogP) is 3.37. The minimum absolute atomic E-state index is 0. The van der Waals surface area contributed by atoms with Crippen molar-refractivity contribution in [2.75, 3.05) is 11.9 Å². The Morgan fingerprint density at radius 3 is 2.53 bits per heavy atom. The first-order valence-corrected chi connectivity index (χ1v) is 4.92. The molecule has 0 saturated heterocycles. The van der Waals surface area contributed by atoms with Crippen LogP contribution in [0.2, 0.25) is 0 Å². The molecule has 0 N–H and O–H groups in total. The molecule has 0 heterocycles. The number of hydrogen-bond donors (Lipinski definition) is 0. The zero-order valence-electron chi connectivity index (χ0n) is 10.3. The van der Waals surface area contributed by atoms with Crippen molar-refractivity contribution < 1.29 is 65.4 Å². The molecule has 0 bridgehead atoms. The smallest absolute Gasteiger partial charge is 0 e. The second-order valence-electron chi connectivity index (χ2n) is 3.01. The molecule has 0 aliphatic heterocycles. The molecule has 1 aromatic rings. The third-order valence-electron chi connectivity index (χ3n) is 1.83.